The zero-order valence-electron chi connectivity index (χ0n) is 6.18. The van der Waals surface area contributed by atoms with E-state index >= 15 is 0 Å². The molecule has 1 aliphatic heterocycles. The normalized spacial score (nSPS) is 24.1. The van der Waals surface area contributed by atoms with Crippen LogP contribution in [0.15, 0.2) is 11.6 Å². The number of rotatable bonds is 1. The average Bonchev–Trinajstić information content (AvgIpc) is 2.15. The topological polar surface area (TPSA) is 9.23 Å². The van der Waals surface area contributed by atoms with Crippen molar-refractivity contribution in [2.45, 2.75) is 20.3 Å². The number of allylic oxidation sites excluding steroid dienone is 1. The van der Waals surface area contributed by atoms with Crippen molar-refractivity contribution in [1.82, 2.24) is 0 Å². The summed E-state index contributed by atoms with van der Waals surface area (Å²) < 4.78 is 5.19. The van der Waals surface area contributed by atoms with Crippen molar-refractivity contribution in [3.63, 3.8) is 0 Å². The van der Waals surface area contributed by atoms with Crippen molar-refractivity contribution < 1.29 is 4.74 Å². The molecule has 1 heterocycles. The maximum absolute atomic E-state index is 5.19. The van der Waals surface area contributed by atoms with Crippen LogP contribution in [0.3, 0.4) is 0 Å². The minimum Gasteiger partial charge on any atom is -0.377 e. The molecule has 0 radical (unpaired) electrons. The Bertz CT molecular complexity index is 106. The number of hydrogen-bond donors (Lipinski definition) is 0. The van der Waals surface area contributed by atoms with Gasteiger partial charge in [0.15, 0.2) is 0 Å². The first-order valence-electron chi connectivity index (χ1n) is 3.56. The highest BCUT2D eigenvalue weighted by atomic mass is 16.5. The van der Waals surface area contributed by atoms with Gasteiger partial charge in [0.25, 0.3) is 0 Å². The second kappa shape index (κ2) is 3.02. The highest BCUT2D eigenvalue weighted by Gasteiger charge is 2.05. The van der Waals surface area contributed by atoms with Crippen molar-refractivity contribution in [3.05, 3.63) is 11.6 Å². The first-order chi connectivity index (χ1) is 4.29. The quantitative estimate of drug-likeness (QED) is 0.488. The molecule has 1 saturated heterocycles. The summed E-state index contributed by atoms with van der Waals surface area (Å²) in [6.07, 6.45) is 3.45. The summed E-state index contributed by atoms with van der Waals surface area (Å²) >= 11 is 0. The predicted octanol–water partition coefficient (Wildman–Crippen LogP) is 1.99. The fourth-order valence-corrected chi connectivity index (χ4v) is 1.08. The van der Waals surface area contributed by atoms with Crippen LogP contribution in [-0.4, -0.2) is 13.2 Å². The lowest BCUT2D eigenvalue weighted by Gasteiger charge is -1.96. The van der Waals surface area contributed by atoms with Gasteiger partial charge in [0, 0.05) is 0 Å². The Hall–Kier alpha value is -0.300. The van der Waals surface area contributed by atoms with Crippen LogP contribution in [-0.2, 0) is 4.74 Å². The summed E-state index contributed by atoms with van der Waals surface area (Å²) in [7, 11) is 0. The van der Waals surface area contributed by atoms with E-state index in [-0.39, 0.29) is 0 Å². The zero-order chi connectivity index (χ0) is 6.69. The molecule has 0 aromatic heterocycles. The Labute approximate surface area is 56.7 Å². The van der Waals surface area contributed by atoms with Gasteiger partial charge in [0.2, 0.25) is 0 Å². The largest absolute Gasteiger partial charge is 0.377 e. The Kier molecular flexibility index (Phi) is 2.29. The molecular weight excluding hydrogens is 112 g/mol. The lowest BCUT2D eigenvalue weighted by molar-refractivity contribution is 0.204. The van der Waals surface area contributed by atoms with Gasteiger partial charge in [-0.15, -0.1) is 0 Å². The van der Waals surface area contributed by atoms with Gasteiger partial charge >= 0.3 is 0 Å². The zero-order valence-corrected chi connectivity index (χ0v) is 6.18. The molecule has 0 saturated carbocycles. The van der Waals surface area contributed by atoms with Crippen molar-refractivity contribution in [2.75, 3.05) is 13.2 Å². The van der Waals surface area contributed by atoms with Crippen molar-refractivity contribution in [1.29, 1.82) is 0 Å². The van der Waals surface area contributed by atoms with Crippen LogP contribution in [0.5, 0.6) is 0 Å². The van der Waals surface area contributed by atoms with E-state index in [9.17, 15) is 0 Å². The second-order valence-corrected chi connectivity index (χ2v) is 2.87. The summed E-state index contributed by atoms with van der Waals surface area (Å²) in [6, 6.07) is 0. The van der Waals surface area contributed by atoms with Gasteiger partial charge < -0.3 is 4.74 Å². The molecule has 1 fully saturated rings. The molecule has 0 atom stereocenters. The van der Waals surface area contributed by atoms with E-state index < -0.39 is 0 Å². The van der Waals surface area contributed by atoms with Gasteiger partial charge in [-0.05, 0) is 17.9 Å². The Balaban J connectivity index is 2.39. The van der Waals surface area contributed by atoms with Crippen LogP contribution >= 0.6 is 0 Å². The smallest absolute Gasteiger partial charge is 0.0677 e. The second-order valence-electron chi connectivity index (χ2n) is 2.87. The standard InChI is InChI=1S/C8H14O/c1-7(2)5-8-3-4-9-6-8/h5,7H,3-4,6H2,1-2H3/b8-5+. The summed E-state index contributed by atoms with van der Waals surface area (Å²) in [5.74, 6) is 0.682. The fourth-order valence-electron chi connectivity index (χ4n) is 1.08. The van der Waals surface area contributed by atoms with E-state index in [0.29, 0.717) is 5.92 Å². The van der Waals surface area contributed by atoms with E-state index in [1.54, 1.807) is 0 Å². The highest BCUT2D eigenvalue weighted by molar-refractivity contribution is 5.06. The molecule has 52 valence electrons. The minimum atomic E-state index is 0.682. The van der Waals surface area contributed by atoms with E-state index in [1.807, 2.05) is 0 Å². The van der Waals surface area contributed by atoms with Gasteiger partial charge in [-0.2, -0.15) is 0 Å². The summed E-state index contributed by atoms with van der Waals surface area (Å²) in [4.78, 5) is 0. The van der Waals surface area contributed by atoms with Crippen molar-refractivity contribution in [3.8, 4) is 0 Å². The summed E-state index contributed by atoms with van der Waals surface area (Å²) in [5.41, 5.74) is 1.48. The van der Waals surface area contributed by atoms with Crippen LogP contribution in [0, 0.1) is 5.92 Å². The third kappa shape index (κ3) is 2.19. The van der Waals surface area contributed by atoms with Gasteiger partial charge in [-0.3, -0.25) is 0 Å². The maximum Gasteiger partial charge on any atom is 0.0677 e. The van der Waals surface area contributed by atoms with Crippen LogP contribution < -0.4 is 0 Å². The lowest BCUT2D eigenvalue weighted by atomic mass is 10.1. The minimum absolute atomic E-state index is 0.682. The van der Waals surface area contributed by atoms with Gasteiger partial charge in [0.1, 0.15) is 0 Å². The molecule has 1 heteroatoms. The van der Waals surface area contributed by atoms with Crippen LogP contribution in [0.2, 0.25) is 0 Å². The Morgan fingerprint density at radius 2 is 2.33 bits per heavy atom. The third-order valence-corrected chi connectivity index (χ3v) is 1.42. The molecule has 1 aliphatic rings. The number of ether oxygens (including phenoxy) is 1. The molecule has 0 bridgehead atoms. The molecule has 0 spiro atoms. The molecule has 0 aliphatic carbocycles. The van der Waals surface area contributed by atoms with Crippen molar-refractivity contribution in [2.24, 2.45) is 5.92 Å². The molecule has 1 rings (SSSR count). The summed E-state index contributed by atoms with van der Waals surface area (Å²) in [5, 5.41) is 0. The SMILES string of the molecule is CC(C)/C=C1\CCOC1. The third-order valence-electron chi connectivity index (χ3n) is 1.42. The summed E-state index contributed by atoms with van der Waals surface area (Å²) in [6.45, 7) is 6.20. The number of hydrogen-bond acceptors (Lipinski definition) is 1. The molecule has 0 unspecified atom stereocenters. The van der Waals surface area contributed by atoms with Gasteiger partial charge in [-0.25, -0.2) is 0 Å². The van der Waals surface area contributed by atoms with Crippen molar-refractivity contribution >= 4 is 0 Å². The molecule has 9 heavy (non-hydrogen) atoms. The lowest BCUT2D eigenvalue weighted by Crippen LogP contribution is -1.85. The predicted molar refractivity (Wildman–Crippen MR) is 38.4 cm³/mol. The monoisotopic (exact) mass is 126 g/mol. The molecule has 0 N–H and O–H groups in total. The Morgan fingerprint density at radius 3 is 2.78 bits per heavy atom. The fraction of sp³-hybridized carbons (Fsp3) is 0.750. The van der Waals surface area contributed by atoms with Crippen LogP contribution in [0.25, 0.3) is 0 Å². The molecule has 0 aromatic carbocycles. The van der Waals surface area contributed by atoms with E-state index in [2.05, 4.69) is 19.9 Å². The molecule has 0 amide bonds. The first kappa shape index (κ1) is 6.81. The highest BCUT2D eigenvalue weighted by Crippen LogP contribution is 2.12. The van der Waals surface area contributed by atoms with Gasteiger partial charge in [-0.1, -0.05) is 19.9 Å². The molecule has 1 nitrogen and oxygen atoms in total. The maximum atomic E-state index is 5.19. The first-order valence-corrected chi connectivity index (χ1v) is 3.56. The van der Waals surface area contributed by atoms with E-state index in [0.717, 1.165) is 19.6 Å². The van der Waals surface area contributed by atoms with Gasteiger partial charge in [0.05, 0.1) is 13.2 Å². The Morgan fingerprint density at radius 1 is 1.56 bits per heavy atom. The molecular formula is C8H14O. The van der Waals surface area contributed by atoms with E-state index in [4.69, 9.17) is 4.74 Å². The van der Waals surface area contributed by atoms with Crippen LogP contribution in [0.1, 0.15) is 20.3 Å². The average molecular weight is 126 g/mol. The molecule has 0 aromatic rings. The van der Waals surface area contributed by atoms with E-state index in [1.165, 1.54) is 5.57 Å². The van der Waals surface area contributed by atoms with Crippen LogP contribution in [0.4, 0.5) is 0 Å².